The molecule has 0 aliphatic carbocycles. The van der Waals surface area contributed by atoms with E-state index >= 15 is 0 Å². The van der Waals surface area contributed by atoms with Gasteiger partial charge in [-0.3, -0.25) is 4.99 Å². The van der Waals surface area contributed by atoms with E-state index in [2.05, 4.69) is 45.2 Å². The summed E-state index contributed by atoms with van der Waals surface area (Å²) in [4.78, 5) is 14.0. The molecule has 0 radical (unpaired) electrons. The maximum absolute atomic E-state index is 5.73. The van der Waals surface area contributed by atoms with Crippen molar-refractivity contribution in [2.24, 2.45) is 4.99 Å². The van der Waals surface area contributed by atoms with E-state index in [9.17, 15) is 0 Å². The van der Waals surface area contributed by atoms with Gasteiger partial charge in [0.05, 0.1) is 6.61 Å². The van der Waals surface area contributed by atoms with E-state index in [1.165, 1.54) is 5.56 Å². The Kier molecular flexibility index (Phi) is 7.53. The minimum absolute atomic E-state index is 0.684. The van der Waals surface area contributed by atoms with E-state index in [-0.39, 0.29) is 0 Å². The van der Waals surface area contributed by atoms with Crippen LogP contribution < -0.4 is 15.0 Å². The van der Waals surface area contributed by atoms with Crippen LogP contribution in [0.2, 0.25) is 0 Å². The first kappa shape index (κ1) is 20.0. The number of hydrogen-bond acceptors (Lipinski definition) is 4. The quantitative estimate of drug-likeness (QED) is 0.590. The van der Waals surface area contributed by atoms with Gasteiger partial charge in [-0.05, 0) is 44.0 Å². The normalized spacial score (nSPS) is 14.9. The highest BCUT2D eigenvalue weighted by Crippen LogP contribution is 2.18. The molecule has 0 spiro atoms. The molecular weight excluding hydrogens is 350 g/mol. The van der Waals surface area contributed by atoms with Crippen LogP contribution in [0.15, 0.2) is 53.7 Å². The van der Waals surface area contributed by atoms with E-state index in [1.807, 2.05) is 37.4 Å². The third-order valence-corrected chi connectivity index (χ3v) is 4.80. The zero-order valence-electron chi connectivity index (χ0n) is 17.0. The Hall–Kier alpha value is -2.76. The number of anilines is 1. The average molecular weight is 382 g/mol. The van der Waals surface area contributed by atoms with Gasteiger partial charge in [0, 0.05) is 45.5 Å². The number of nitrogens with zero attached hydrogens (tertiary/aromatic N) is 4. The molecule has 1 aliphatic rings. The standard InChI is InChI=1S/C22H31N5O/c1-3-23-22(25-14-12-19-9-5-6-10-20(19)28-4-2)27-17-15-26(16-18-27)21-11-7-8-13-24-21/h5-11,13H,3-4,12,14-18H2,1-2H3,(H,23,25). The number of aliphatic imine (C=N–C) groups is 1. The average Bonchev–Trinajstić information content (AvgIpc) is 2.75. The fourth-order valence-electron chi connectivity index (χ4n) is 3.40. The van der Waals surface area contributed by atoms with Crippen molar-refractivity contribution in [2.45, 2.75) is 20.3 Å². The largest absolute Gasteiger partial charge is 0.494 e. The third kappa shape index (κ3) is 5.38. The molecule has 1 aromatic carbocycles. The monoisotopic (exact) mass is 381 g/mol. The van der Waals surface area contributed by atoms with E-state index < -0.39 is 0 Å². The molecule has 0 bridgehead atoms. The van der Waals surface area contributed by atoms with Crippen molar-refractivity contribution in [3.05, 3.63) is 54.2 Å². The number of aromatic nitrogens is 1. The molecule has 1 N–H and O–H groups in total. The van der Waals surface area contributed by atoms with Crippen molar-refractivity contribution in [3.63, 3.8) is 0 Å². The molecular formula is C22H31N5O. The molecule has 1 aromatic heterocycles. The van der Waals surface area contributed by atoms with E-state index in [0.717, 1.165) is 63.2 Å². The van der Waals surface area contributed by atoms with E-state index in [0.29, 0.717) is 6.61 Å². The van der Waals surface area contributed by atoms with Gasteiger partial charge < -0.3 is 19.9 Å². The Bertz CT molecular complexity index is 742. The summed E-state index contributed by atoms with van der Waals surface area (Å²) in [5.74, 6) is 3.02. The number of hydrogen-bond donors (Lipinski definition) is 1. The summed E-state index contributed by atoms with van der Waals surface area (Å²) in [5.41, 5.74) is 1.21. The van der Waals surface area contributed by atoms with Crippen molar-refractivity contribution >= 4 is 11.8 Å². The highest BCUT2D eigenvalue weighted by Gasteiger charge is 2.20. The van der Waals surface area contributed by atoms with Gasteiger partial charge in [0.2, 0.25) is 0 Å². The summed E-state index contributed by atoms with van der Waals surface area (Å²) in [6.45, 7) is 10.2. The van der Waals surface area contributed by atoms with Crippen LogP contribution in [-0.4, -0.2) is 61.7 Å². The number of guanidine groups is 1. The molecule has 2 heterocycles. The van der Waals surface area contributed by atoms with Crippen LogP contribution in [0, 0.1) is 0 Å². The first-order valence-electron chi connectivity index (χ1n) is 10.2. The Labute approximate surface area is 168 Å². The van der Waals surface area contributed by atoms with Crippen molar-refractivity contribution in [1.29, 1.82) is 0 Å². The van der Waals surface area contributed by atoms with Gasteiger partial charge in [-0.1, -0.05) is 24.3 Å². The molecule has 28 heavy (non-hydrogen) atoms. The Balaban J connectivity index is 1.58. The van der Waals surface area contributed by atoms with Crippen molar-refractivity contribution in [1.82, 2.24) is 15.2 Å². The van der Waals surface area contributed by atoms with Gasteiger partial charge in [-0.25, -0.2) is 4.98 Å². The summed E-state index contributed by atoms with van der Waals surface area (Å²) in [5, 5.41) is 3.44. The van der Waals surface area contributed by atoms with Crippen LogP contribution >= 0.6 is 0 Å². The molecule has 3 rings (SSSR count). The predicted octanol–water partition coefficient (Wildman–Crippen LogP) is 2.81. The van der Waals surface area contributed by atoms with Crippen LogP contribution in [0.3, 0.4) is 0 Å². The predicted molar refractivity (Wildman–Crippen MR) is 115 cm³/mol. The van der Waals surface area contributed by atoms with E-state index in [1.54, 1.807) is 0 Å². The number of benzene rings is 1. The highest BCUT2D eigenvalue weighted by atomic mass is 16.5. The Morgan fingerprint density at radius 2 is 1.86 bits per heavy atom. The van der Waals surface area contributed by atoms with Gasteiger partial charge in [-0.15, -0.1) is 0 Å². The second-order valence-corrected chi connectivity index (χ2v) is 6.69. The molecule has 1 aliphatic heterocycles. The fraction of sp³-hybridized carbons (Fsp3) is 0.455. The van der Waals surface area contributed by atoms with Crippen LogP contribution in [0.5, 0.6) is 5.75 Å². The minimum Gasteiger partial charge on any atom is -0.494 e. The molecule has 2 aromatic rings. The third-order valence-electron chi connectivity index (χ3n) is 4.80. The van der Waals surface area contributed by atoms with Crippen molar-refractivity contribution < 1.29 is 4.74 Å². The van der Waals surface area contributed by atoms with Crippen molar-refractivity contribution in [2.75, 3.05) is 50.8 Å². The molecule has 0 atom stereocenters. The summed E-state index contributed by atoms with van der Waals surface area (Å²) in [7, 11) is 0. The van der Waals surface area contributed by atoms with Crippen LogP contribution in [0.25, 0.3) is 0 Å². The summed E-state index contributed by atoms with van der Waals surface area (Å²) in [6, 6.07) is 14.3. The minimum atomic E-state index is 0.684. The number of piperazine rings is 1. The van der Waals surface area contributed by atoms with Gasteiger partial charge in [0.15, 0.2) is 5.96 Å². The number of pyridine rings is 1. The molecule has 0 saturated carbocycles. The lowest BCUT2D eigenvalue weighted by molar-refractivity contribution is 0.336. The fourth-order valence-corrected chi connectivity index (χ4v) is 3.40. The summed E-state index contributed by atoms with van der Waals surface area (Å²) < 4.78 is 5.73. The maximum Gasteiger partial charge on any atom is 0.194 e. The Morgan fingerprint density at radius 3 is 2.57 bits per heavy atom. The molecule has 6 nitrogen and oxygen atoms in total. The summed E-state index contributed by atoms with van der Waals surface area (Å²) in [6.07, 6.45) is 2.73. The second kappa shape index (κ2) is 10.5. The summed E-state index contributed by atoms with van der Waals surface area (Å²) >= 11 is 0. The van der Waals surface area contributed by atoms with Gasteiger partial charge >= 0.3 is 0 Å². The van der Waals surface area contributed by atoms with Gasteiger partial charge in [0.25, 0.3) is 0 Å². The van der Waals surface area contributed by atoms with E-state index in [4.69, 9.17) is 9.73 Å². The van der Waals surface area contributed by atoms with Crippen LogP contribution in [0.4, 0.5) is 5.82 Å². The smallest absolute Gasteiger partial charge is 0.194 e. The number of rotatable bonds is 7. The Morgan fingerprint density at radius 1 is 1.07 bits per heavy atom. The maximum atomic E-state index is 5.73. The zero-order chi connectivity index (χ0) is 19.6. The first-order chi connectivity index (χ1) is 13.8. The van der Waals surface area contributed by atoms with Crippen LogP contribution in [0.1, 0.15) is 19.4 Å². The second-order valence-electron chi connectivity index (χ2n) is 6.69. The lowest BCUT2D eigenvalue weighted by Gasteiger charge is -2.37. The number of ether oxygens (including phenoxy) is 1. The number of para-hydroxylation sites is 1. The zero-order valence-corrected chi connectivity index (χ0v) is 17.0. The number of nitrogens with one attached hydrogen (secondary N) is 1. The molecule has 0 unspecified atom stereocenters. The molecule has 1 saturated heterocycles. The topological polar surface area (TPSA) is 53.0 Å². The first-order valence-corrected chi connectivity index (χ1v) is 10.2. The molecule has 150 valence electrons. The van der Waals surface area contributed by atoms with Gasteiger partial charge in [0.1, 0.15) is 11.6 Å². The van der Waals surface area contributed by atoms with Crippen molar-refractivity contribution in [3.8, 4) is 5.75 Å². The van der Waals surface area contributed by atoms with Crippen LogP contribution in [-0.2, 0) is 6.42 Å². The molecule has 6 heteroatoms. The molecule has 0 amide bonds. The lowest BCUT2D eigenvalue weighted by Crippen LogP contribution is -2.52. The SMILES string of the molecule is CCNC(=NCCc1ccccc1OCC)N1CCN(c2ccccn2)CC1. The highest BCUT2D eigenvalue weighted by molar-refractivity contribution is 5.80. The lowest BCUT2D eigenvalue weighted by atomic mass is 10.1. The van der Waals surface area contributed by atoms with Gasteiger partial charge in [-0.2, -0.15) is 0 Å². The molecule has 1 fully saturated rings.